The second-order valence-electron chi connectivity index (χ2n) is 20.2. The zero-order chi connectivity index (χ0) is 50.0. The minimum absolute atomic E-state index is 0.0325. The highest BCUT2D eigenvalue weighted by Crippen LogP contribution is 2.53. The number of hydrogen-bond acceptors (Lipinski definition) is 8. The third kappa shape index (κ3) is 10.7. The molecule has 15 heteroatoms. The maximum atomic E-state index is 12.7. The molecule has 2 aliphatic carbocycles. The topological polar surface area (TPSA) is 175 Å². The summed E-state index contributed by atoms with van der Waals surface area (Å²) in [6.45, 7) is 12.6. The van der Waals surface area contributed by atoms with Crippen molar-refractivity contribution >= 4 is 45.1 Å². The second kappa shape index (κ2) is 20.6. The number of aromatic nitrogens is 2. The predicted molar refractivity (Wildman–Crippen MR) is 273 cm³/mol. The smallest absolute Gasteiger partial charge is 0.407 e. The lowest BCUT2D eigenvalue weighted by molar-refractivity contribution is -0.401. The maximum absolute atomic E-state index is 12.7. The van der Waals surface area contributed by atoms with Gasteiger partial charge in [-0.2, -0.15) is 18.1 Å². The lowest BCUT2D eigenvalue weighted by Gasteiger charge is -2.27. The molecule has 370 valence electrons. The molecule has 1 aromatic heterocycles. The summed E-state index contributed by atoms with van der Waals surface area (Å²) >= 11 is 0. The molecular formula is C55H68N7O7S+. The molecule has 3 aromatic carbocycles. The van der Waals surface area contributed by atoms with Gasteiger partial charge in [0.05, 0.1) is 28.3 Å². The number of nitrogens with zero attached hydrogens (tertiary/aromatic N) is 4. The fourth-order valence-electron chi connectivity index (χ4n) is 10.9. The minimum Gasteiger partial charge on any atom is -0.449 e. The van der Waals surface area contributed by atoms with E-state index in [4.69, 9.17) is 9.84 Å². The van der Waals surface area contributed by atoms with E-state index < -0.39 is 21.6 Å². The number of carbonyl (C=O) groups is 3. The highest BCUT2D eigenvalue weighted by Gasteiger charge is 2.50. The van der Waals surface area contributed by atoms with E-state index in [1.807, 2.05) is 62.0 Å². The van der Waals surface area contributed by atoms with Gasteiger partial charge in [0.2, 0.25) is 11.6 Å². The molecule has 1 saturated carbocycles. The van der Waals surface area contributed by atoms with Crippen LogP contribution in [0, 0.1) is 24.7 Å². The molecule has 14 nitrogen and oxygen atoms in total. The van der Waals surface area contributed by atoms with Gasteiger partial charge in [-0.25, -0.2) is 9.48 Å². The number of nitrogens with one attached hydrogen (secondary N) is 3. The summed E-state index contributed by atoms with van der Waals surface area (Å²) in [5, 5.41) is 13.3. The Kier molecular flexibility index (Phi) is 14.7. The summed E-state index contributed by atoms with van der Waals surface area (Å²) < 4.78 is 43.0. The zero-order valence-corrected chi connectivity index (χ0v) is 42.4. The first kappa shape index (κ1) is 50.1. The first-order valence-corrected chi connectivity index (χ1v) is 26.1. The Morgan fingerprint density at radius 2 is 1.63 bits per heavy atom. The molecular weight excluding hydrogens is 903 g/mol. The summed E-state index contributed by atoms with van der Waals surface area (Å²) in [5.41, 5.74) is 10.9. The highest BCUT2D eigenvalue weighted by atomic mass is 32.2. The van der Waals surface area contributed by atoms with Crippen LogP contribution in [0.1, 0.15) is 105 Å². The maximum Gasteiger partial charge on any atom is 0.407 e. The van der Waals surface area contributed by atoms with Crippen LogP contribution < -0.4 is 20.9 Å². The van der Waals surface area contributed by atoms with E-state index >= 15 is 0 Å². The predicted octanol–water partition coefficient (Wildman–Crippen LogP) is 8.43. The van der Waals surface area contributed by atoms with Gasteiger partial charge in [-0.1, -0.05) is 56.2 Å². The SMILES string of the molecule is CNC(=O)c1ccc(-n2cc3c(n2)CCC2C(CC3)C2COC(=O)NCCNC(=O)CCCCCN2C(=CC=CC=CC3=[N+](C)c4ccc(S(=O)(=O)O)cc4C3(C)C)C(C)(C)c3cc(C)ccc32)cc1. The number of anilines is 1. The largest absolute Gasteiger partial charge is 0.449 e. The molecule has 4 N–H and O–H groups in total. The summed E-state index contributed by atoms with van der Waals surface area (Å²) in [6.07, 6.45) is 18.8. The third-order valence-corrected chi connectivity index (χ3v) is 15.8. The standard InChI is InChI=1S/C55H67N7O7S/c1-36-17-27-48-44(32-36)55(4,5)50(15-11-8-10-14-49-54(2,3)45-33-40(70(66,67)68)23-28-47(45)60(49)7)61(48)31-13-9-12-16-51(63)57-29-30-58-53(65)69-35-43-41-24-20-38-34-62(59-46(38)26-25-42(41)43)39-21-18-37(19-22-39)52(64)56-6/h8,10-11,14-15,17-19,21-23,27-28,32-34,41-43H,9,12-13,16,20,24-26,29-31,35H2,1-7H3,(H3-,56,57,58,63,64,65,66,67,68)/p+1. The molecule has 4 aromatic rings. The van der Waals surface area contributed by atoms with Crippen molar-refractivity contribution < 1.29 is 36.7 Å². The molecule has 2 aliphatic heterocycles. The van der Waals surface area contributed by atoms with Gasteiger partial charge in [-0.15, -0.1) is 0 Å². The van der Waals surface area contributed by atoms with Crippen LogP contribution in [0.4, 0.5) is 16.2 Å². The van der Waals surface area contributed by atoms with Crippen molar-refractivity contribution in [3.05, 3.63) is 136 Å². The number of hydrogen-bond donors (Lipinski definition) is 4. The fourth-order valence-corrected chi connectivity index (χ4v) is 11.4. The van der Waals surface area contributed by atoms with E-state index in [0.29, 0.717) is 49.4 Å². The Bertz CT molecular complexity index is 2860. The summed E-state index contributed by atoms with van der Waals surface area (Å²) in [7, 11) is -0.730. The number of aryl methyl sites for hydroxylation is 3. The number of ether oxygens (including phenoxy) is 1. The molecule has 3 heterocycles. The van der Waals surface area contributed by atoms with Crippen molar-refractivity contribution in [2.75, 3.05) is 45.2 Å². The Labute approximate surface area is 412 Å². The van der Waals surface area contributed by atoms with Crippen LogP contribution in [-0.2, 0) is 43.3 Å². The molecule has 0 radical (unpaired) electrons. The van der Waals surface area contributed by atoms with E-state index in [-0.39, 0.29) is 22.1 Å². The first-order chi connectivity index (χ1) is 33.4. The van der Waals surface area contributed by atoms with E-state index in [9.17, 15) is 27.4 Å². The second-order valence-corrected chi connectivity index (χ2v) is 21.7. The quantitative estimate of drug-likeness (QED) is 0.0351. The van der Waals surface area contributed by atoms with Gasteiger partial charge in [0, 0.05) is 79.4 Å². The summed E-state index contributed by atoms with van der Waals surface area (Å²) in [5.74, 6) is 1.26. The van der Waals surface area contributed by atoms with E-state index in [1.54, 1.807) is 19.2 Å². The molecule has 3 atom stereocenters. The number of unbranched alkanes of at least 4 members (excludes halogenated alkanes) is 2. The molecule has 8 rings (SSSR count). The van der Waals surface area contributed by atoms with Crippen LogP contribution in [0.25, 0.3) is 5.69 Å². The van der Waals surface area contributed by atoms with Crippen molar-refractivity contribution in [2.45, 2.75) is 102 Å². The Morgan fingerprint density at radius 1 is 0.886 bits per heavy atom. The normalized spacial score (nSPS) is 20.4. The van der Waals surface area contributed by atoms with E-state index in [2.05, 4.69) is 88.8 Å². The zero-order valence-electron chi connectivity index (χ0n) is 41.5. The number of benzene rings is 3. The fraction of sp³-hybridized carbons (Fsp3) is 0.436. The van der Waals surface area contributed by atoms with Gasteiger partial charge in [0.15, 0.2) is 5.71 Å². The van der Waals surface area contributed by atoms with Crippen molar-refractivity contribution in [3.63, 3.8) is 0 Å². The monoisotopic (exact) mass is 970 g/mol. The molecule has 70 heavy (non-hydrogen) atoms. The summed E-state index contributed by atoms with van der Waals surface area (Å²) in [4.78, 5) is 39.5. The Balaban J connectivity index is 0.742. The van der Waals surface area contributed by atoms with Gasteiger partial charge in [0.1, 0.15) is 7.05 Å². The van der Waals surface area contributed by atoms with Crippen LogP contribution in [0.5, 0.6) is 0 Å². The Morgan fingerprint density at radius 3 is 2.37 bits per heavy atom. The third-order valence-electron chi connectivity index (χ3n) is 15.0. The number of rotatable bonds is 17. The van der Waals surface area contributed by atoms with Crippen LogP contribution in [0.2, 0.25) is 0 Å². The van der Waals surface area contributed by atoms with Crippen molar-refractivity contribution in [3.8, 4) is 5.69 Å². The van der Waals surface area contributed by atoms with Crippen molar-refractivity contribution in [1.29, 1.82) is 0 Å². The number of fused-ring (bicyclic) bond motifs is 4. The molecule has 1 fully saturated rings. The Hall–Kier alpha value is -6.32. The van der Waals surface area contributed by atoms with E-state index in [1.165, 1.54) is 34.1 Å². The van der Waals surface area contributed by atoms with Crippen LogP contribution in [0.3, 0.4) is 0 Å². The lowest BCUT2D eigenvalue weighted by atomic mass is 9.81. The van der Waals surface area contributed by atoms with Crippen LogP contribution in [0.15, 0.2) is 108 Å². The van der Waals surface area contributed by atoms with Gasteiger partial charge in [-0.05, 0) is 137 Å². The molecule has 0 saturated heterocycles. The molecule has 3 unspecified atom stereocenters. The number of alkyl carbamates (subject to hydrolysis) is 1. The number of allylic oxidation sites excluding steroid dienone is 6. The van der Waals surface area contributed by atoms with Crippen molar-refractivity contribution in [1.82, 2.24) is 25.7 Å². The number of carbonyl (C=O) groups excluding carboxylic acids is 3. The minimum atomic E-state index is -4.32. The molecule has 0 bridgehead atoms. The lowest BCUT2D eigenvalue weighted by Crippen LogP contribution is -2.35. The molecule has 0 spiro atoms. The molecule has 4 aliphatic rings. The average molecular weight is 971 g/mol. The number of amides is 3. The highest BCUT2D eigenvalue weighted by molar-refractivity contribution is 7.85. The van der Waals surface area contributed by atoms with Gasteiger partial charge >= 0.3 is 6.09 Å². The summed E-state index contributed by atoms with van der Waals surface area (Å²) in [6, 6.07) is 18.8. The van der Waals surface area contributed by atoms with E-state index in [0.717, 1.165) is 79.8 Å². The van der Waals surface area contributed by atoms with Crippen LogP contribution >= 0.6 is 0 Å². The molecule has 3 amide bonds. The van der Waals surface area contributed by atoms with Gasteiger partial charge in [-0.3, -0.25) is 14.1 Å². The van der Waals surface area contributed by atoms with Crippen molar-refractivity contribution in [2.24, 2.45) is 17.8 Å². The van der Waals surface area contributed by atoms with Crippen LogP contribution in [-0.4, -0.2) is 91.3 Å². The first-order valence-electron chi connectivity index (χ1n) is 24.6. The average Bonchev–Trinajstić information content (AvgIpc) is 3.64. The van der Waals surface area contributed by atoms with Gasteiger partial charge in [0.25, 0.3) is 16.0 Å². The van der Waals surface area contributed by atoms with Gasteiger partial charge < -0.3 is 25.6 Å².